The fourth-order valence-corrected chi connectivity index (χ4v) is 5.67. The Bertz CT molecular complexity index is 1160. The van der Waals surface area contributed by atoms with Crippen molar-refractivity contribution in [1.82, 2.24) is 5.01 Å². The zero-order chi connectivity index (χ0) is 21.7. The summed E-state index contributed by atoms with van der Waals surface area (Å²) in [6, 6.07) is 20.8. The molecule has 3 aromatic rings. The SMILES string of the molecule is CC(C)c1ccc([C@H]2Oc3c(Br)cc(Br)cc3[C@@H]3CC(c4ccc(Cl)cc4)=NN23)cc1. The van der Waals surface area contributed by atoms with Crippen molar-refractivity contribution in [2.75, 3.05) is 0 Å². The standard InChI is InChI=1S/C25H21Br2ClN2O/c1-14(2)15-3-5-17(6-4-15)25-30-23(20-11-18(26)12-21(27)24(20)31-25)13-22(29-30)16-7-9-19(28)10-8-16/h3-12,14,23,25H,13H2,1-2H3/t23-,25+/m0/s1. The van der Waals surface area contributed by atoms with Gasteiger partial charge in [0.25, 0.3) is 0 Å². The first-order valence-electron chi connectivity index (χ1n) is 10.3. The molecule has 31 heavy (non-hydrogen) atoms. The van der Waals surface area contributed by atoms with Crippen molar-refractivity contribution in [3.8, 4) is 5.75 Å². The normalized spacial score (nSPS) is 19.7. The Hall–Kier alpha value is -1.82. The molecule has 3 aromatic carbocycles. The highest BCUT2D eigenvalue weighted by atomic mass is 79.9. The van der Waals surface area contributed by atoms with Crippen LogP contribution in [0.5, 0.6) is 5.75 Å². The number of halogens is 3. The van der Waals surface area contributed by atoms with Crippen molar-refractivity contribution < 1.29 is 4.74 Å². The highest BCUT2D eigenvalue weighted by molar-refractivity contribution is 9.11. The van der Waals surface area contributed by atoms with Gasteiger partial charge in [0.2, 0.25) is 6.23 Å². The lowest BCUT2D eigenvalue weighted by Gasteiger charge is -2.38. The summed E-state index contributed by atoms with van der Waals surface area (Å²) in [7, 11) is 0. The highest BCUT2D eigenvalue weighted by Crippen LogP contribution is 2.50. The molecule has 0 spiro atoms. The van der Waals surface area contributed by atoms with Gasteiger partial charge in [-0.15, -0.1) is 0 Å². The Kier molecular flexibility index (Phi) is 5.61. The van der Waals surface area contributed by atoms with Crippen molar-refractivity contribution in [1.29, 1.82) is 0 Å². The molecule has 2 aliphatic heterocycles. The van der Waals surface area contributed by atoms with Crippen LogP contribution < -0.4 is 4.74 Å². The van der Waals surface area contributed by atoms with Crippen LogP contribution in [0.4, 0.5) is 0 Å². The number of fused-ring (bicyclic) bond motifs is 3. The Labute approximate surface area is 204 Å². The van der Waals surface area contributed by atoms with Gasteiger partial charge in [-0.25, -0.2) is 5.01 Å². The number of hydrogen-bond donors (Lipinski definition) is 0. The fraction of sp³-hybridized carbons (Fsp3) is 0.240. The Morgan fingerprint density at radius 3 is 2.42 bits per heavy atom. The topological polar surface area (TPSA) is 24.8 Å². The minimum absolute atomic E-state index is 0.0954. The minimum Gasteiger partial charge on any atom is -0.463 e. The number of hydrazone groups is 1. The van der Waals surface area contributed by atoms with E-state index < -0.39 is 0 Å². The van der Waals surface area contributed by atoms with E-state index >= 15 is 0 Å². The first-order valence-corrected chi connectivity index (χ1v) is 12.2. The van der Waals surface area contributed by atoms with Gasteiger partial charge in [-0.1, -0.05) is 77.8 Å². The monoisotopic (exact) mass is 558 g/mol. The number of nitrogens with zero attached hydrogens (tertiary/aromatic N) is 2. The summed E-state index contributed by atoms with van der Waals surface area (Å²) >= 11 is 13.4. The molecule has 0 saturated heterocycles. The quantitative estimate of drug-likeness (QED) is 0.322. The number of ether oxygens (including phenoxy) is 1. The molecule has 5 rings (SSSR count). The maximum atomic E-state index is 6.55. The fourth-order valence-electron chi connectivity index (χ4n) is 4.20. The summed E-state index contributed by atoms with van der Waals surface area (Å²) in [5.41, 5.74) is 5.66. The van der Waals surface area contributed by atoms with Gasteiger partial charge in [-0.05, 0) is 57.2 Å². The third kappa shape index (κ3) is 3.92. The number of hydrogen-bond acceptors (Lipinski definition) is 3. The summed E-state index contributed by atoms with van der Waals surface area (Å²) in [5.74, 6) is 1.37. The molecule has 0 fully saturated rings. The van der Waals surface area contributed by atoms with Crippen molar-refractivity contribution in [3.63, 3.8) is 0 Å². The van der Waals surface area contributed by atoms with E-state index in [9.17, 15) is 0 Å². The van der Waals surface area contributed by atoms with Gasteiger partial charge in [0.1, 0.15) is 5.75 Å². The van der Waals surface area contributed by atoms with Crippen LogP contribution in [0, 0.1) is 0 Å². The van der Waals surface area contributed by atoms with Crippen LogP contribution in [0.15, 0.2) is 74.7 Å². The molecule has 2 atom stereocenters. The third-order valence-corrected chi connectivity index (χ3v) is 7.17. The number of benzene rings is 3. The van der Waals surface area contributed by atoms with E-state index in [4.69, 9.17) is 21.4 Å². The van der Waals surface area contributed by atoms with Crippen LogP contribution >= 0.6 is 43.5 Å². The second-order valence-corrected chi connectivity index (χ2v) is 10.5. The van der Waals surface area contributed by atoms with E-state index in [2.05, 4.69) is 81.0 Å². The Morgan fingerprint density at radius 1 is 1.03 bits per heavy atom. The number of rotatable bonds is 3. The molecule has 0 N–H and O–H groups in total. The van der Waals surface area contributed by atoms with Gasteiger partial charge in [-0.3, -0.25) is 0 Å². The molecule has 0 aromatic heterocycles. The molecule has 158 valence electrons. The molecule has 6 heteroatoms. The molecule has 2 aliphatic rings. The van der Waals surface area contributed by atoms with Crippen molar-refractivity contribution in [2.24, 2.45) is 5.10 Å². The lowest BCUT2D eigenvalue weighted by molar-refractivity contribution is -0.0197. The second kappa shape index (κ2) is 8.27. The van der Waals surface area contributed by atoms with Gasteiger partial charge < -0.3 is 4.74 Å². The maximum absolute atomic E-state index is 6.55. The van der Waals surface area contributed by atoms with Crippen LogP contribution in [-0.2, 0) is 0 Å². The summed E-state index contributed by atoms with van der Waals surface area (Å²) in [6.45, 7) is 4.41. The van der Waals surface area contributed by atoms with Crippen molar-refractivity contribution in [2.45, 2.75) is 38.5 Å². The molecular weight excluding hydrogens is 540 g/mol. The Balaban J connectivity index is 1.59. The van der Waals surface area contributed by atoms with E-state index in [-0.39, 0.29) is 12.3 Å². The van der Waals surface area contributed by atoms with Gasteiger partial charge in [0.05, 0.1) is 16.2 Å². The molecule has 3 nitrogen and oxygen atoms in total. The molecule has 0 bridgehead atoms. The average Bonchev–Trinajstić information content (AvgIpc) is 3.19. The summed E-state index contributed by atoms with van der Waals surface area (Å²) < 4.78 is 8.51. The van der Waals surface area contributed by atoms with Gasteiger partial charge in [0.15, 0.2) is 0 Å². The van der Waals surface area contributed by atoms with Crippen molar-refractivity contribution in [3.05, 3.63) is 96.9 Å². The summed E-state index contributed by atoms with van der Waals surface area (Å²) in [6.07, 6.45) is 0.516. The zero-order valence-electron chi connectivity index (χ0n) is 17.1. The van der Waals surface area contributed by atoms with E-state index in [0.717, 1.165) is 48.5 Å². The maximum Gasteiger partial charge on any atom is 0.213 e. The van der Waals surface area contributed by atoms with E-state index in [0.29, 0.717) is 5.92 Å². The van der Waals surface area contributed by atoms with Crippen molar-refractivity contribution >= 4 is 49.2 Å². The average molecular weight is 561 g/mol. The van der Waals surface area contributed by atoms with E-state index in [1.54, 1.807) is 0 Å². The molecular formula is C25H21Br2ClN2O. The second-order valence-electron chi connectivity index (χ2n) is 8.25. The van der Waals surface area contributed by atoms with Crippen LogP contribution in [0.1, 0.15) is 60.7 Å². The lowest BCUT2D eigenvalue weighted by atomic mass is 9.95. The molecule has 0 amide bonds. The van der Waals surface area contributed by atoms with E-state index in [1.165, 1.54) is 5.56 Å². The first kappa shape index (κ1) is 21.0. The Morgan fingerprint density at radius 2 is 1.74 bits per heavy atom. The molecule has 0 aliphatic carbocycles. The van der Waals surface area contributed by atoms with Gasteiger partial charge >= 0.3 is 0 Å². The predicted molar refractivity (Wildman–Crippen MR) is 133 cm³/mol. The first-order chi connectivity index (χ1) is 14.9. The molecule has 0 unspecified atom stereocenters. The minimum atomic E-state index is -0.291. The lowest BCUT2D eigenvalue weighted by Crippen LogP contribution is -2.34. The van der Waals surface area contributed by atoms with Crippen LogP contribution in [0.2, 0.25) is 5.02 Å². The zero-order valence-corrected chi connectivity index (χ0v) is 21.1. The highest BCUT2D eigenvalue weighted by Gasteiger charge is 2.42. The van der Waals surface area contributed by atoms with Crippen LogP contribution in [0.3, 0.4) is 0 Å². The van der Waals surface area contributed by atoms with E-state index in [1.807, 2.05) is 30.3 Å². The van der Waals surface area contributed by atoms with Crippen LogP contribution in [-0.4, -0.2) is 10.7 Å². The van der Waals surface area contributed by atoms with Gasteiger partial charge in [-0.2, -0.15) is 5.10 Å². The van der Waals surface area contributed by atoms with Gasteiger partial charge in [0, 0.05) is 27.0 Å². The van der Waals surface area contributed by atoms with Crippen LogP contribution in [0.25, 0.3) is 0 Å². The summed E-state index contributed by atoms with van der Waals surface area (Å²) in [5, 5.41) is 7.87. The molecule has 0 saturated carbocycles. The molecule has 2 heterocycles. The largest absolute Gasteiger partial charge is 0.463 e. The third-order valence-electron chi connectivity index (χ3n) is 5.87. The predicted octanol–water partition coefficient (Wildman–Crippen LogP) is 8.23. The smallest absolute Gasteiger partial charge is 0.213 e. The summed E-state index contributed by atoms with van der Waals surface area (Å²) in [4.78, 5) is 0. The molecule has 0 radical (unpaired) electrons.